The first-order valence-corrected chi connectivity index (χ1v) is 14.1. The molecule has 0 spiro atoms. The number of nitrogens with zero attached hydrogens (tertiary/aromatic N) is 2. The summed E-state index contributed by atoms with van der Waals surface area (Å²) in [7, 11) is 4.81. The van der Waals surface area contributed by atoms with E-state index in [1.54, 1.807) is 37.2 Å². The molecule has 0 bridgehead atoms. The Bertz CT molecular complexity index is 1480. The van der Waals surface area contributed by atoms with Crippen LogP contribution in [0.4, 0.5) is 0 Å². The van der Waals surface area contributed by atoms with Crippen LogP contribution in [0, 0.1) is 0 Å². The van der Waals surface area contributed by atoms with E-state index in [0.29, 0.717) is 50.6 Å². The second-order valence-electron chi connectivity index (χ2n) is 9.96. The molecular formula is C34H39N3O5. The van der Waals surface area contributed by atoms with Gasteiger partial charge in [0.2, 0.25) is 11.8 Å². The monoisotopic (exact) mass is 569 g/mol. The van der Waals surface area contributed by atoms with E-state index in [2.05, 4.69) is 11.1 Å². The summed E-state index contributed by atoms with van der Waals surface area (Å²) in [5.41, 5.74) is 4.02. The predicted molar refractivity (Wildman–Crippen MR) is 166 cm³/mol. The summed E-state index contributed by atoms with van der Waals surface area (Å²) >= 11 is 0. The van der Waals surface area contributed by atoms with Crippen LogP contribution in [-0.4, -0.2) is 74.2 Å². The zero-order valence-electron chi connectivity index (χ0n) is 24.5. The number of aromatic nitrogens is 1. The van der Waals surface area contributed by atoms with E-state index in [9.17, 15) is 9.59 Å². The Morgan fingerprint density at radius 1 is 0.857 bits per heavy atom. The van der Waals surface area contributed by atoms with Crippen LogP contribution in [0.15, 0.2) is 85.1 Å². The van der Waals surface area contributed by atoms with Crippen molar-refractivity contribution in [2.45, 2.75) is 19.4 Å². The maximum atomic E-state index is 13.9. The number of fused-ring (bicyclic) bond motifs is 1. The Morgan fingerprint density at radius 2 is 1.62 bits per heavy atom. The summed E-state index contributed by atoms with van der Waals surface area (Å²) in [4.78, 5) is 33.9. The lowest BCUT2D eigenvalue weighted by Gasteiger charge is -2.27. The number of nitrogens with one attached hydrogen (secondary N) is 1. The lowest BCUT2D eigenvalue weighted by Crippen LogP contribution is -2.43. The van der Waals surface area contributed by atoms with Gasteiger partial charge >= 0.3 is 0 Å². The van der Waals surface area contributed by atoms with Crippen LogP contribution in [-0.2, 0) is 27.3 Å². The molecule has 0 unspecified atom stereocenters. The van der Waals surface area contributed by atoms with Crippen molar-refractivity contribution in [2.24, 2.45) is 0 Å². The molecule has 0 fully saturated rings. The highest BCUT2D eigenvalue weighted by Gasteiger charge is 2.21. The van der Waals surface area contributed by atoms with Crippen molar-refractivity contribution in [1.29, 1.82) is 0 Å². The van der Waals surface area contributed by atoms with Crippen LogP contribution >= 0.6 is 0 Å². The molecule has 0 radical (unpaired) electrons. The molecule has 8 nitrogen and oxygen atoms in total. The maximum Gasteiger partial charge on any atom is 0.247 e. The molecular weight excluding hydrogens is 530 g/mol. The fourth-order valence-electron chi connectivity index (χ4n) is 4.85. The smallest absolute Gasteiger partial charge is 0.247 e. The third-order valence-corrected chi connectivity index (χ3v) is 7.13. The zero-order valence-corrected chi connectivity index (χ0v) is 24.5. The van der Waals surface area contributed by atoms with Gasteiger partial charge in [-0.05, 0) is 53.8 Å². The van der Waals surface area contributed by atoms with Gasteiger partial charge in [-0.25, -0.2) is 0 Å². The molecule has 0 aliphatic heterocycles. The molecule has 0 atom stereocenters. The first-order chi connectivity index (χ1) is 20.5. The predicted octanol–water partition coefficient (Wildman–Crippen LogP) is 5.33. The van der Waals surface area contributed by atoms with E-state index in [-0.39, 0.29) is 18.4 Å². The van der Waals surface area contributed by atoms with Gasteiger partial charge < -0.3 is 29.0 Å². The fourth-order valence-corrected chi connectivity index (χ4v) is 4.85. The number of para-hydroxylation sites is 1. The number of rotatable bonds is 15. The van der Waals surface area contributed by atoms with Gasteiger partial charge in [0, 0.05) is 56.5 Å². The van der Waals surface area contributed by atoms with Gasteiger partial charge in [0.1, 0.15) is 6.54 Å². The largest absolute Gasteiger partial charge is 0.493 e. The Hall–Kier alpha value is -4.56. The maximum absolute atomic E-state index is 13.9. The number of amides is 2. The normalized spacial score (nSPS) is 11.1. The van der Waals surface area contributed by atoms with E-state index < -0.39 is 0 Å². The van der Waals surface area contributed by atoms with E-state index in [4.69, 9.17) is 14.2 Å². The van der Waals surface area contributed by atoms with Crippen LogP contribution in [0.3, 0.4) is 0 Å². The van der Waals surface area contributed by atoms with Gasteiger partial charge in [-0.1, -0.05) is 54.6 Å². The van der Waals surface area contributed by atoms with Crippen molar-refractivity contribution in [2.75, 3.05) is 47.6 Å². The minimum Gasteiger partial charge on any atom is -0.493 e. The molecule has 4 rings (SSSR count). The zero-order chi connectivity index (χ0) is 29.7. The minimum atomic E-state index is -0.217. The number of H-pyrrole nitrogens is 1. The molecule has 42 heavy (non-hydrogen) atoms. The standard InChI is InChI=1S/C34H39N3O5/c1-40-21-9-19-36(33(38)17-15-26-10-5-4-6-11-26)25-34(39)37(24-27-14-16-31(41-2)32(22-27)42-3)20-18-28-23-35-30-13-8-7-12-29(28)30/h4-8,10-17,22-23,35H,9,18-21,24-25H2,1-3H3/b17-15+. The second-order valence-corrected chi connectivity index (χ2v) is 9.96. The van der Waals surface area contributed by atoms with Gasteiger partial charge in [-0.3, -0.25) is 9.59 Å². The van der Waals surface area contributed by atoms with Crippen LogP contribution in [0.2, 0.25) is 0 Å². The third-order valence-electron chi connectivity index (χ3n) is 7.13. The van der Waals surface area contributed by atoms with Crippen molar-refractivity contribution in [1.82, 2.24) is 14.8 Å². The van der Waals surface area contributed by atoms with E-state index >= 15 is 0 Å². The summed E-state index contributed by atoms with van der Waals surface area (Å²) in [6.07, 6.45) is 6.58. The van der Waals surface area contributed by atoms with Crippen molar-refractivity contribution < 1.29 is 23.8 Å². The van der Waals surface area contributed by atoms with Crippen LogP contribution in [0.1, 0.15) is 23.1 Å². The van der Waals surface area contributed by atoms with Gasteiger partial charge in [0.15, 0.2) is 11.5 Å². The van der Waals surface area contributed by atoms with Crippen LogP contribution < -0.4 is 9.47 Å². The Balaban J connectivity index is 1.55. The van der Waals surface area contributed by atoms with Crippen molar-refractivity contribution >= 4 is 28.8 Å². The lowest BCUT2D eigenvalue weighted by molar-refractivity contribution is -0.138. The first kappa shape index (κ1) is 30.4. The van der Waals surface area contributed by atoms with Gasteiger partial charge in [-0.2, -0.15) is 0 Å². The molecule has 0 aliphatic carbocycles. The quantitative estimate of drug-likeness (QED) is 0.154. The molecule has 0 aliphatic rings. The molecule has 8 heteroatoms. The number of hydrogen-bond acceptors (Lipinski definition) is 5. The molecule has 4 aromatic rings. The highest BCUT2D eigenvalue weighted by molar-refractivity contribution is 5.94. The number of aromatic amines is 1. The number of hydrogen-bond donors (Lipinski definition) is 1. The van der Waals surface area contributed by atoms with Gasteiger partial charge in [-0.15, -0.1) is 0 Å². The molecule has 0 saturated carbocycles. The van der Waals surface area contributed by atoms with Crippen LogP contribution in [0.5, 0.6) is 11.5 Å². The number of methoxy groups -OCH3 is 3. The molecule has 3 aromatic carbocycles. The SMILES string of the molecule is COCCCN(CC(=O)N(CCc1c[nH]c2ccccc12)Cc1ccc(OC)c(OC)c1)C(=O)/C=C/c1ccccc1. The molecule has 220 valence electrons. The Labute approximate surface area is 247 Å². The lowest BCUT2D eigenvalue weighted by atomic mass is 10.1. The molecule has 0 saturated heterocycles. The minimum absolute atomic E-state index is 0.0388. The number of carbonyl (C=O) groups is 2. The highest BCUT2D eigenvalue weighted by Crippen LogP contribution is 2.28. The molecule has 1 aromatic heterocycles. The average molecular weight is 570 g/mol. The Morgan fingerprint density at radius 3 is 2.38 bits per heavy atom. The average Bonchev–Trinajstić information content (AvgIpc) is 3.44. The first-order valence-electron chi connectivity index (χ1n) is 14.1. The molecule has 1 N–H and O–H groups in total. The van der Waals surface area contributed by atoms with E-state index in [1.807, 2.05) is 72.9 Å². The highest BCUT2D eigenvalue weighted by atomic mass is 16.5. The number of ether oxygens (including phenoxy) is 3. The van der Waals surface area contributed by atoms with E-state index in [1.165, 1.54) is 6.08 Å². The Kier molecular flexibility index (Phi) is 11.2. The summed E-state index contributed by atoms with van der Waals surface area (Å²) in [6, 6.07) is 23.4. The summed E-state index contributed by atoms with van der Waals surface area (Å²) < 4.78 is 16.1. The van der Waals surface area contributed by atoms with Crippen molar-refractivity contribution in [3.8, 4) is 11.5 Å². The number of carbonyl (C=O) groups excluding carboxylic acids is 2. The van der Waals surface area contributed by atoms with E-state index in [0.717, 1.165) is 27.6 Å². The third kappa shape index (κ3) is 8.24. The fraction of sp³-hybridized carbons (Fsp3) is 0.294. The second kappa shape index (κ2) is 15.4. The summed E-state index contributed by atoms with van der Waals surface area (Å²) in [6.45, 7) is 1.71. The summed E-state index contributed by atoms with van der Waals surface area (Å²) in [5, 5.41) is 1.14. The molecule has 2 amide bonds. The number of benzene rings is 3. The van der Waals surface area contributed by atoms with Gasteiger partial charge in [0.05, 0.1) is 14.2 Å². The van der Waals surface area contributed by atoms with Crippen molar-refractivity contribution in [3.05, 3.63) is 102 Å². The van der Waals surface area contributed by atoms with Gasteiger partial charge in [0.25, 0.3) is 0 Å². The summed E-state index contributed by atoms with van der Waals surface area (Å²) in [5.74, 6) is 0.869. The molecule has 1 heterocycles. The topological polar surface area (TPSA) is 84.1 Å². The van der Waals surface area contributed by atoms with Crippen LogP contribution in [0.25, 0.3) is 17.0 Å². The van der Waals surface area contributed by atoms with Crippen molar-refractivity contribution in [3.63, 3.8) is 0 Å².